The van der Waals surface area contributed by atoms with Crippen LogP contribution in [0.5, 0.6) is 0 Å². The number of alkyl halides is 2. The molecular formula is C11H4F4N2. The van der Waals surface area contributed by atoms with E-state index in [0.29, 0.717) is 12.1 Å². The van der Waals surface area contributed by atoms with Gasteiger partial charge < -0.3 is 0 Å². The van der Waals surface area contributed by atoms with Gasteiger partial charge in [0.1, 0.15) is 29.3 Å². The van der Waals surface area contributed by atoms with E-state index in [-0.39, 0.29) is 0 Å². The maximum absolute atomic E-state index is 13.3. The van der Waals surface area contributed by atoms with Gasteiger partial charge in [-0.2, -0.15) is 10.5 Å². The predicted molar refractivity (Wildman–Crippen MR) is 50.5 cm³/mol. The number of rotatable bonds is 2. The molecule has 86 valence electrons. The largest absolute Gasteiger partial charge is 0.266 e. The molecular weight excluding hydrogens is 236 g/mol. The zero-order valence-corrected chi connectivity index (χ0v) is 8.22. The van der Waals surface area contributed by atoms with Crippen LogP contribution in [0.25, 0.3) is 6.08 Å². The van der Waals surface area contributed by atoms with E-state index >= 15 is 0 Å². The van der Waals surface area contributed by atoms with E-state index in [2.05, 4.69) is 0 Å². The number of allylic oxidation sites excluding steroid dienone is 1. The minimum Gasteiger partial charge on any atom is -0.206 e. The highest BCUT2D eigenvalue weighted by Gasteiger charge is 2.16. The number of hydrogen-bond donors (Lipinski definition) is 0. The Hall–Kier alpha value is -2.34. The Kier molecular flexibility index (Phi) is 3.84. The molecule has 0 spiro atoms. The second-order valence-corrected chi connectivity index (χ2v) is 2.98. The molecule has 0 fully saturated rings. The van der Waals surface area contributed by atoms with Crippen LogP contribution < -0.4 is 0 Å². The molecule has 0 aliphatic heterocycles. The second-order valence-electron chi connectivity index (χ2n) is 2.98. The summed E-state index contributed by atoms with van der Waals surface area (Å²) in [4.78, 5) is 0. The van der Waals surface area contributed by atoms with Gasteiger partial charge in [0, 0.05) is 5.56 Å². The first-order valence-corrected chi connectivity index (χ1v) is 4.28. The number of halogens is 4. The molecule has 6 heteroatoms. The van der Waals surface area contributed by atoms with Crippen molar-refractivity contribution in [2.24, 2.45) is 0 Å². The average Bonchev–Trinajstić information content (AvgIpc) is 2.29. The van der Waals surface area contributed by atoms with Crippen molar-refractivity contribution in [3.05, 3.63) is 40.5 Å². The van der Waals surface area contributed by atoms with Crippen LogP contribution in [0.2, 0.25) is 0 Å². The summed E-state index contributed by atoms with van der Waals surface area (Å²) in [5.41, 5.74) is -1.94. The standard InChI is InChI=1S/C11H4F4N2/c12-9-3-8(11(14)15)10(13)2-7(9)1-6(4-16)5-17/h1-3,11H. The first-order chi connectivity index (χ1) is 7.99. The summed E-state index contributed by atoms with van der Waals surface area (Å²) in [5, 5.41) is 16.8. The molecule has 0 heterocycles. The maximum atomic E-state index is 13.3. The molecule has 0 radical (unpaired) electrons. The van der Waals surface area contributed by atoms with Crippen molar-refractivity contribution in [3.63, 3.8) is 0 Å². The first-order valence-electron chi connectivity index (χ1n) is 4.28. The van der Waals surface area contributed by atoms with Crippen LogP contribution in [0, 0.1) is 34.3 Å². The van der Waals surface area contributed by atoms with Crippen LogP contribution in [-0.4, -0.2) is 0 Å². The van der Waals surface area contributed by atoms with Crippen LogP contribution in [0.4, 0.5) is 17.6 Å². The molecule has 0 N–H and O–H groups in total. The monoisotopic (exact) mass is 240 g/mol. The summed E-state index contributed by atoms with van der Waals surface area (Å²) < 4.78 is 50.8. The molecule has 1 rings (SSSR count). The second kappa shape index (κ2) is 5.13. The van der Waals surface area contributed by atoms with Crippen molar-refractivity contribution in [2.75, 3.05) is 0 Å². The molecule has 0 bridgehead atoms. The Balaban J connectivity index is 3.32. The fraction of sp³-hybridized carbons (Fsp3) is 0.0909. The molecule has 17 heavy (non-hydrogen) atoms. The molecule has 0 unspecified atom stereocenters. The van der Waals surface area contributed by atoms with Crippen molar-refractivity contribution in [2.45, 2.75) is 6.43 Å². The highest BCUT2D eigenvalue weighted by molar-refractivity contribution is 5.62. The van der Waals surface area contributed by atoms with Gasteiger partial charge in [0.25, 0.3) is 6.43 Å². The molecule has 0 saturated carbocycles. The van der Waals surface area contributed by atoms with Gasteiger partial charge in [0.2, 0.25) is 0 Å². The minimum atomic E-state index is -3.13. The first kappa shape index (κ1) is 12.7. The maximum Gasteiger partial charge on any atom is 0.266 e. The lowest BCUT2D eigenvalue weighted by Gasteiger charge is -2.04. The Bertz CT molecular complexity index is 534. The van der Waals surface area contributed by atoms with Gasteiger partial charge in [0.05, 0.1) is 5.56 Å². The van der Waals surface area contributed by atoms with Gasteiger partial charge >= 0.3 is 0 Å². The summed E-state index contributed by atoms with van der Waals surface area (Å²) in [6.07, 6.45) is -2.35. The molecule has 0 aliphatic rings. The molecule has 2 nitrogen and oxygen atoms in total. The van der Waals surface area contributed by atoms with E-state index < -0.39 is 34.8 Å². The molecule has 1 aromatic rings. The Labute approximate surface area is 94.0 Å². The summed E-state index contributed by atoms with van der Waals surface area (Å²) in [6, 6.07) is 3.76. The van der Waals surface area contributed by atoms with Crippen LogP contribution in [0.3, 0.4) is 0 Å². The van der Waals surface area contributed by atoms with E-state index in [0.717, 1.165) is 6.08 Å². The van der Waals surface area contributed by atoms with E-state index in [1.54, 1.807) is 0 Å². The fourth-order valence-corrected chi connectivity index (χ4v) is 1.10. The van der Waals surface area contributed by atoms with Crippen molar-refractivity contribution in [1.29, 1.82) is 10.5 Å². The third-order valence-electron chi connectivity index (χ3n) is 1.89. The highest BCUT2D eigenvalue weighted by atomic mass is 19.3. The van der Waals surface area contributed by atoms with Gasteiger partial charge in [0.15, 0.2) is 0 Å². The van der Waals surface area contributed by atoms with E-state index in [1.807, 2.05) is 0 Å². The van der Waals surface area contributed by atoms with Gasteiger partial charge in [-0.1, -0.05) is 0 Å². The van der Waals surface area contributed by atoms with Gasteiger partial charge in [-0.3, -0.25) is 0 Å². The lowest BCUT2D eigenvalue weighted by atomic mass is 10.1. The quantitative estimate of drug-likeness (QED) is 0.588. The summed E-state index contributed by atoms with van der Waals surface area (Å²) >= 11 is 0. The van der Waals surface area contributed by atoms with E-state index in [9.17, 15) is 17.6 Å². The summed E-state index contributed by atoms with van der Waals surface area (Å²) in [7, 11) is 0. The summed E-state index contributed by atoms with van der Waals surface area (Å²) in [6.45, 7) is 0. The lowest BCUT2D eigenvalue weighted by Crippen LogP contribution is -1.95. The predicted octanol–water partition coefficient (Wildman–Crippen LogP) is 3.33. The van der Waals surface area contributed by atoms with Crippen LogP contribution in [-0.2, 0) is 0 Å². The number of hydrogen-bond acceptors (Lipinski definition) is 2. The normalized spacial score (nSPS) is 9.59. The van der Waals surface area contributed by atoms with E-state index in [4.69, 9.17) is 10.5 Å². The minimum absolute atomic E-state index is 0.345. The third-order valence-corrected chi connectivity index (χ3v) is 1.89. The lowest BCUT2D eigenvalue weighted by molar-refractivity contribution is 0.146. The Morgan fingerprint density at radius 3 is 2.18 bits per heavy atom. The Morgan fingerprint density at radius 1 is 1.12 bits per heavy atom. The molecule has 0 aromatic heterocycles. The van der Waals surface area contributed by atoms with Gasteiger partial charge in [-0.05, 0) is 18.2 Å². The van der Waals surface area contributed by atoms with Gasteiger partial charge in [-0.15, -0.1) is 0 Å². The molecule has 1 aromatic carbocycles. The average molecular weight is 240 g/mol. The van der Waals surface area contributed by atoms with Crippen LogP contribution in [0.15, 0.2) is 17.7 Å². The fourth-order valence-electron chi connectivity index (χ4n) is 1.10. The zero-order valence-electron chi connectivity index (χ0n) is 8.22. The highest BCUT2D eigenvalue weighted by Crippen LogP contribution is 2.25. The SMILES string of the molecule is N#CC(C#N)=Cc1cc(F)c(C(F)F)cc1F. The van der Waals surface area contributed by atoms with Crippen molar-refractivity contribution < 1.29 is 17.6 Å². The van der Waals surface area contributed by atoms with Crippen molar-refractivity contribution in [3.8, 4) is 12.1 Å². The number of nitrogens with zero attached hydrogens (tertiary/aromatic N) is 2. The molecule has 0 saturated heterocycles. The van der Waals surface area contributed by atoms with Crippen LogP contribution >= 0.6 is 0 Å². The van der Waals surface area contributed by atoms with Crippen molar-refractivity contribution >= 4 is 6.08 Å². The Morgan fingerprint density at radius 2 is 1.71 bits per heavy atom. The summed E-state index contributed by atoms with van der Waals surface area (Å²) in [5.74, 6) is -2.41. The van der Waals surface area contributed by atoms with Crippen molar-refractivity contribution in [1.82, 2.24) is 0 Å². The number of benzene rings is 1. The number of nitriles is 2. The van der Waals surface area contributed by atoms with E-state index in [1.165, 1.54) is 12.1 Å². The zero-order chi connectivity index (χ0) is 13.0. The molecule has 0 amide bonds. The topological polar surface area (TPSA) is 47.6 Å². The smallest absolute Gasteiger partial charge is 0.206 e. The molecule has 0 atom stereocenters. The van der Waals surface area contributed by atoms with Crippen LogP contribution in [0.1, 0.15) is 17.6 Å². The molecule has 0 aliphatic carbocycles. The van der Waals surface area contributed by atoms with Gasteiger partial charge in [-0.25, -0.2) is 17.6 Å². The third kappa shape index (κ3) is 2.82.